The summed E-state index contributed by atoms with van der Waals surface area (Å²) in [5, 5.41) is 11.1. The number of carboxylic acid groups (broad SMARTS) is 1. The van der Waals surface area contributed by atoms with Crippen LogP contribution < -0.4 is 4.74 Å². The van der Waals surface area contributed by atoms with Crippen molar-refractivity contribution < 1.29 is 19.0 Å². The molecule has 2 aromatic rings. The van der Waals surface area contributed by atoms with Gasteiger partial charge in [0.1, 0.15) is 5.75 Å². The summed E-state index contributed by atoms with van der Waals surface area (Å²) in [7, 11) is 0. The number of rotatable bonds is 12. The van der Waals surface area contributed by atoms with Crippen LogP contribution in [0.1, 0.15) is 81.2 Å². The summed E-state index contributed by atoms with van der Waals surface area (Å²) in [5.41, 5.74) is 5.44. The first-order valence-electron chi connectivity index (χ1n) is 12.4. The Hall–Kier alpha value is -2.40. The number of benzene rings is 1. The Bertz CT molecular complexity index is 1010. The number of carbonyl (C=O) groups is 1. The van der Waals surface area contributed by atoms with Gasteiger partial charge in [-0.15, -0.1) is 11.3 Å². The maximum Gasteiger partial charge on any atom is 0.328 e. The lowest BCUT2D eigenvalue weighted by Gasteiger charge is -2.22. The lowest BCUT2D eigenvalue weighted by molar-refractivity contribution is -0.131. The summed E-state index contributed by atoms with van der Waals surface area (Å²) in [4.78, 5) is 12.1. The second kappa shape index (κ2) is 12.9. The van der Waals surface area contributed by atoms with E-state index in [9.17, 15) is 9.18 Å². The van der Waals surface area contributed by atoms with E-state index in [-0.39, 0.29) is 6.67 Å². The summed E-state index contributed by atoms with van der Waals surface area (Å²) < 4.78 is 19.2. The Kier molecular flexibility index (Phi) is 9.94. The highest BCUT2D eigenvalue weighted by Gasteiger charge is 2.25. The average molecular weight is 485 g/mol. The molecule has 5 heteroatoms. The van der Waals surface area contributed by atoms with Crippen molar-refractivity contribution in [2.24, 2.45) is 5.92 Å². The highest BCUT2D eigenvalue weighted by Crippen LogP contribution is 2.46. The molecular weight excluding hydrogens is 447 g/mol. The van der Waals surface area contributed by atoms with Gasteiger partial charge in [-0.1, -0.05) is 38.8 Å². The van der Waals surface area contributed by atoms with Crippen LogP contribution >= 0.6 is 11.3 Å². The zero-order chi connectivity index (χ0) is 24.5. The third kappa shape index (κ3) is 7.30. The summed E-state index contributed by atoms with van der Waals surface area (Å²) in [6.07, 6.45) is 12.4. The van der Waals surface area contributed by atoms with Gasteiger partial charge in [-0.25, -0.2) is 4.79 Å². The van der Waals surface area contributed by atoms with Crippen LogP contribution in [0.5, 0.6) is 5.75 Å². The fourth-order valence-corrected chi connectivity index (χ4v) is 5.37. The number of thiophene rings is 1. The molecule has 0 radical (unpaired) electrons. The molecule has 1 aliphatic carbocycles. The highest BCUT2D eigenvalue weighted by atomic mass is 32.1. The Labute approximate surface area is 207 Å². The molecule has 1 aromatic carbocycles. The molecule has 0 saturated heterocycles. The molecule has 34 heavy (non-hydrogen) atoms. The van der Waals surface area contributed by atoms with E-state index in [0.29, 0.717) is 30.4 Å². The van der Waals surface area contributed by atoms with Crippen molar-refractivity contribution >= 4 is 23.4 Å². The number of carboxylic acids is 1. The molecule has 0 spiro atoms. The monoisotopic (exact) mass is 484 g/mol. The predicted molar refractivity (Wildman–Crippen MR) is 141 cm³/mol. The van der Waals surface area contributed by atoms with Gasteiger partial charge in [0.25, 0.3) is 0 Å². The Morgan fingerprint density at radius 3 is 2.71 bits per heavy atom. The number of halogens is 1. The third-order valence-electron chi connectivity index (χ3n) is 6.34. The van der Waals surface area contributed by atoms with Crippen LogP contribution in [-0.4, -0.2) is 24.4 Å². The minimum absolute atomic E-state index is 0.365. The first-order valence-corrected chi connectivity index (χ1v) is 13.3. The number of aryl methyl sites for hydroxylation is 1. The van der Waals surface area contributed by atoms with Gasteiger partial charge in [-0.3, -0.25) is 4.39 Å². The molecular formula is C29H37FO3S. The Balaban J connectivity index is 2.09. The first-order chi connectivity index (χ1) is 16.4. The number of ether oxygens (including phenoxy) is 1. The van der Waals surface area contributed by atoms with Crippen LogP contribution in [0.2, 0.25) is 0 Å². The molecule has 1 aromatic heterocycles. The third-order valence-corrected chi connectivity index (χ3v) is 7.22. The van der Waals surface area contributed by atoms with Crippen LogP contribution in [0.4, 0.5) is 4.39 Å². The fraction of sp³-hybridized carbons (Fsp3) is 0.483. The summed E-state index contributed by atoms with van der Waals surface area (Å²) in [6.45, 7) is 6.27. The molecule has 1 N–H and O–H groups in total. The molecule has 0 atom stereocenters. The predicted octanol–water partition coefficient (Wildman–Crippen LogP) is 8.44. The van der Waals surface area contributed by atoms with Crippen molar-refractivity contribution in [2.75, 3.05) is 13.3 Å². The fourth-order valence-electron chi connectivity index (χ4n) is 4.57. The summed E-state index contributed by atoms with van der Waals surface area (Å²) in [6, 6.07) is 6.71. The van der Waals surface area contributed by atoms with E-state index in [4.69, 9.17) is 9.84 Å². The van der Waals surface area contributed by atoms with E-state index < -0.39 is 5.97 Å². The number of hydrogen-bond acceptors (Lipinski definition) is 3. The Morgan fingerprint density at radius 2 is 2.03 bits per heavy atom. The highest BCUT2D eigenvalue weighted by molar-refractivity contribution is 7.11. The maximum atomic E-state index is 12.9. The van der Waals surface area contributed by atoms with Gasteiger partial charge in [-0.05, 0) is 84.7 Å². The zero-order valence-corrected chi connectivity index (χ0v) is 21.4. The topological polar surface area (TPSA) is 46.5 Å². The SMILES string of the molecule is CC(/C=C/c1sccc1-c1cc(CCC(C)C)cc(C2CCCC2)c1OCCCF)=C\C(=O)O. The van der Waals surface area contributed by atoms with Crippen LogP contribution in [0.3, 0.4) is 0 Å². The number of alkyl halides is 1. The zero-order valence-electron chi connectivity index (χ0n) is 20.6. The molecule has 1 saturated carbocycles. The minimum Gasteiger partial charge on any atom is -0.493 e. The molecule has 3 rings (SSSR count). The molecule has 1 aliphatic rings. The molecule has 3 nitrogen and oxygen atoms in total. The van der Waals surface area contributed by atoms with E-state index in [1.807, 2.05) is 12.2 Å². The van der Waals surface area contributed by atoms with Gasteiger partial charge in [0, 0.05) is 28.5 Å². The molecule has 184 valence electrons. The quantitative estimate of drug-likeness (QED) is 0.187. The minimum atomic E-state index is -0.948. The van der Waals surface area contributed by atoms with E-state index in [1.165, 1.54) is 42.9 Å². The molecule has 0 bridgehead atoms. The number of allylic oxidation sites excluding steroid dienone is 2. The van der Waals surface area contributed by atoms with E-state index in [0.717, 1.165) is 34.6 Å². The molecule has 1 fully saturated rings. The van der Waals surface area contributed by atoms with Gasteiger partial charge >= 0.3 is 5.97 Å². The average Bonchev–Trinajstić information content (AvgIpc) is 3.48. The van der Waals surface area contributed by atoms with E-state index in [1.54, 1.807) is 18.3 Å². The first kappa shape index (κ1) is 26.2. The van der Waals surface area contributed by atoms with Crippen LogP contribution in [0, 0.1) is 5.92 Å². The van der Waals surface area contributed by atoms with Crippen LogP contribution in [-0.2, 0) is 11.2 Å². The lowest BCUT2D eigenvalue weighted by Crippen LogP contribution is -2.07. The number of hydrogen-bond donors (Lipinski definition) is 1. The van der Waals surface area contributed by atoms with Gasteiger partial charge in [-0.2, -0.15) is 0 Å². The molecule has 1 heterocycles. The Morgan fingerprint density at radius 1 is 1.26 bits per heavy atom. The second-order valence-corrected chi connectivity index (χ2v) is 10.6. The smallest absolute Gasteiger partial charge is 0.328 e. The van der Waals surface area contributed by atoms with Gasteiger partial charge in [0.05, 0.1) is 13.3 Å². The summed E-state index contributed by atoms with van der Waals surface area (Å²) >= 11 is 1.63. The van der Waals surface area contributed by atoms with Gasteiger partial charge < -0.3 is 9.84 Å². The maximum absolute atomic E-state index is 12.9. The van der Waals surface area contributed by atoms with E-state index in [2.05, 4.69) is 37.4 Å². The van der Waals surface area contributed by atoms with Crippen molar-refractivity contribution in [1.29, 1.82) is 0 Å². The largest absolute Gasteiger partial charge is 0.493 e. The normalized spacial score (nSPS) is 15.0. The van der Waals surface area contributed by atoms with Crippen molar-refractivity contribution in [3.63, 3.8) is 0 Å². The lowest BCUT2D eigenvalue weighted by atomic mass is 9.88. The van der Waals surface area contributed by atoms with Gasteiger partial charge in [0.15, 0.2) is 0 Å². The van der Waals surface area contributed by atoms with Crippen LogP contribution in [0.25, 0.3) is 17.2 Å². The van der Waals surface area contributed by atoms with Crippen molar-refractivity contribution in [2.45, 2.75) is 71.6 Å². The van der Waals surface area contributed by atoms with E-state index >= 15 is 0 Å². The molecule has 0 aliphatic heterocycles. The van der Waals surface area contributed by atoms with Crippen LogP contribution in [0.15, 0.2) is 41.3 Å². The van der Waals surface area contributed by atoms with Crippen molar-refractivity contribution in [1.82, 2.24) is 0 Å². The second-order valence-electron chi connectivity index (χ2n) is 9.63. The van der Waals surface area contributed by atoms with Gasteiger partial charge in [0.2, 0.25) is 0 Å². The summed E-state index contributed by atoms with van der Waals surface area (Å²) in [5.74, 6) is 1.06. The number of aliphatic carboxylic acids is 1. The van der Waals surface area contributed by atoms with Crippen molar-refractivity contribution in [3.8, 4) is 16.9 Å². The molecule has 0 unspecified atom stereocenters. The van der Waals surface area contributed by atoms with Crippen molar-refractivity contribution in [3.05, 3.63) is 57.3 Å². The molecule has 0 amide bonds. The standard InChI is InChI=1S/C29H37FO3S/c1-20(2)9-11-22-18-25(23-7-4-5-8-23)29(33-15-6-14-30)26(19-22)24-13-16-34-27(24)12-10-21(3)17-28(31)32/h10,12-13,16-20,23H,4-9,11,14-15H2,1-3H3,(H,31,32)/b12-10+,21-17+.